The van der Waals surface area contributed by atoms with Crippen molar-refractivity contribution >= 4 is 21.4 Å². The highest BCUT2D eigenvalue weighted by molar-refractivity contribution is 7.92. The summed E-state index contributed by atoms with van der Waals surface area (Å²) in [6.45, 7) is 3.75. The van der Waals surface area contributed by atoms with Crippen molar-refractivity contribution in [2.24, 2.45) is 0 Å². The van der Waals surface area contributed by atoms with E-state index in [9.17, 15) is 12.8 Å². The maximum atomic E-state index is 13.1. The average Bonchev–Trinajstić information content (AvgIpc) is 2.30. The monoisotopic (exact) mass is 294 g/mol. The van der Waals surface area contributed by atoms with E-state index in [2.05, 4.69) is 4.72 Å². The zero-order chi connectivity index (χ0) is 14.9. The molecule has 20 heavy (non-hydrogen) atoms. The van der Waals surface area contributed by atoms with Gasteiger partial charge in [0.25, 0.3) is 10.0 Å². The molecule has 0 atom stereocenters. The van der Waals surface area contributed by atoms with Crippen LogP contribution in [-0.4, -0.2) is 8.42 Å². The minimum Gasteiger partial charge on any atom is -0.396 e. The Balaban J connectivity index is 2.37. The van der Waals surface area contributed by atoms with Gasteiger partial charge >= 0.3 is 0 Å². The SMILES string of the molecule is Cc1cc(C)cc(NS(=O)(=O)c2ccc(F)c(N)c2)c1. The van der Waals surface area contributed by atoms with Crippen molar-refractivity contribution in [2.45, 2.75) is 18.7 Å². The number of hydrogen-bond acceptors (Lipinski definition) is 3. The summed E-state index contributed by atoms with van der Waals surface area (Å²) in [4.78, 5) is -0.0736. The number of benzene rings is 2. The Kier molecular flexibility index (Phi) is 3.67. The van der Waals surface area contributed by atoms with E-state index in [1.54, 1.807) is 12.1 Å². The predicted octanol–water partition coefficient (Wildman–Crippen LogP) is 2.83. The maximum Gasteiger partial charge on any atom is 0.261 e. The highest BCUT2D eigenvalue weighted by Gasteiger charge is 2.16. The molecule has 0 unspecified atom stereocenters. The molecular weight excluding hydrogens is 279 g/mol. The van der Waals surface area contributed by atoms with Crippen LogP contribution in [0.15, 0.2) is 41.3 Å². The Labute approximate surface area is 117 Å². The zero-order valence-corrected chi connectivity index (χ0v) is 12.0. The standard InChI is InChI=1S/C14H15FN2O2S/c1-9-5-10(2)7-11(6-9)17-20(18,19)12-3-4-13(15)14(16)8-12/h3-8,17H,16H2,1-2H3. The molecule has 0 aliphatic heterocycles. The molecule has 0 aromatic heterocycles. The quantitative estimate of drug-likeness (QED) is 0.855. The maximum absolute atomic E-state index is 13.1. The highest BCUT2D eigenvalue weighted by atomic mass is 32.2. The molecule has 0 aliphatic carbocycles. The third-order valence-corrected chi connectivity index (χ3v) is 4.13. The van der Waals surface area contributed by atoms with Gasteiger partial charge in [-0.25, -0.2) is 12.8 Å². The van der Waals surface area contributed by atoms with Crippen LogP contribution in [0.5, 0.6) is 0 Å². The van der Waals surface area contributed by atoms with Gasteiger partial charge in [-0.3, -0.25) is 4.72 Å². The van der Waals surface area contributed by atoms with E-state index in [4.69, 9.17) is 5.73 Å². The number of aryl methyl sites for hydroxylation is 2. The fourth-order valence-electron chi connectivity index (χ4n) is 1.94. The summed E-state index contributed by atoms with van der Waals surface area (Å²) in [6, 6.07) is 8.69. The van der Waals surface area contributed by atoms with Crippen LogP contribution in [0.25, 0.3) is 0 Å². The van der Waals surface area contributed by atoms with Crippen LogP contribution in [0.4, 0.5) is 15.8 Å². The fourth-order valence-corrected chi connectivity index (χ4v) is 3.01. The van der Waals surface area contributed by atoms with Crippen molar-refractivity contribution in [3.63, 3.8) is 0 Å². The van der Waals surface area contributed by atoms with Gasteiger partial charge in [-0.2, -0.15) is 0 Å². The normalized spacial score (nSPS) is 11.3. The number of nitrogens with one attached hydrogen (secondary N) is 1. The van der Waals surface area contributed by atoms with Gasteiger partial charge in [0.15, 0.2) is 0 Å². The van der Waals surface area contributed by atoms with Crippen molar-refractivity contribution in [1.29, 1.82) is 0 Å². The summed E-state index contributed by atoms with van der Waals surface area (Å²) >= 11 is 0. The summed E-state index contributed by atoms with van der Waals surface area (Å²) in [7, 11) is -3.78. The minimum atomic E-state index is -3.78. The van der Waals surface area contributed by atoms with Crippen LogP contribution in [-0.2, 0) is 10.0 Å². The number of hydrogen-bond donors (Lipinski definition) is 2. The van der Waals surface area contributed by atoms with Crippen molar-refractivity contribution < 1.29 is 12.8 Å². The van der Waals surface area contributed by atoms with Gasteiger partial charge in [-0.1, -0.05) is 6.07 Å². The summed E-state index contributed by atoms with van der Waals surface area (Å²) in [5.41, 5.74) is 7.55. The van der Waals surface area contributed by atoms with Crippen molar-refractivity contribution in [3.8, 4) is 0 Å². The molecule has 2 rings (SSSR count). The molecular formula is C14H15FN2O2S. The molecule has 0 saturated carbocycles. The molecule has 6 heteroatoms. The molecule has 3 N–H and O–H groups in total. The van der Waals surface area contributed by atoms with E-state index in [0.717, 1.165) is 23.3 Å². The number of anilines is 2. The first kappa shape index (κ1) is 14.3. The molecule has 2 aromatic rings. The van der Waals surface area contributed by atoms with Crippen molar-refractivity contribution in [1.82, 2.24) is 0 Å². The van der Waals surface area contributed by atoms with Crippen LogP contribution in [0, 0.1) is 19.7 Å². The zero-order valence-electron chi connectivity index (χ0n) is 11.1. The predicted molar refractivity (Wildman–Crippen MR) is 77.5 cm³/mol. The van der Waals surface area contributed by atoms with Crippen LogP contribution in [0.1, 0.15) is 11.1 Å². The van der Waals surface area contributed by atoms with E-state index in [0.29, 0.717) is 5.69 Å². The Morgan fingerprint density at radius 2 is 1.65 bits per heavy atom. The summed E-state index contributed by atoms with van der Waals surface area (Å²) < 4.78 is 39.9. The van der Waals surface area contributed by atoms with Gasteiger partial charge in [-0.15, -0.1) is 0 Å². The highest BCUT2D eigenvalue weighted by Crippen LogP contribution is 2.21. The van der Waals surface area contributed by atoms with Crippen molar-refractivity contribution in [2.75, 3.05) is 10.5 Å². The molecule has 0 aliphatic rings. The fraction of sp³-hybridized carbons (Fsp3) is 0.143. The summed E-state index contributed by atoms with van der Waals surface area (Å²) in [5.74, 6) is -0.643. The molecule has 2 aromatic carbocycles. The minimum absolute atomic E-state index is 0.0736. The first-order valence-corrected chi connectivity index (χ1v) is 7.42. The third-order valence-electron chi connectivity index (χ3n) is 2.75. The number of sulfonamides is 1. The van der Waals surface area contributed by atoms with E-state index >= 15 is 0 Å². The van der Waals surface area contributed by atoms with Crippen LogP contribution >= 0.6 is 0 Å². The van der Waals surface area contributed by atoms with E-state index < -0.39 is 15.8 Å². The first-order chi connectivity index (χ1) is 9.28. The third kappa shape index (κ3) is 3.08. The van der Waals surface area contributed by atoms with Crippen molar-refractivity contribution in [3.05, 3.63) is 53.3 Å². The van der Waals surface area contributed by atoms with Gasteiger partial charge in [0.05, 0.1) is 10.6 Å². The molecule has 0 heterocycles. The Hall–Kier alpha value is -2.08. The van der Waals surface area contributed by atoms with Gasteiger partial charge < -0.3 is 5.73 Å². The molecule has 0 saturated heterocycles. The first-order valence-electron chi connectivity index (χ1n) is 5.94. The van der Waals surface area contributed by atoms with Gasteiger partial charge in [0.2, 0.25) is 0 Å². The average molecular weight is 294 g/mol. The lowest BCUT2D eigenvalue weighted by molar-refractivity contribution is 0.600. The van der Waals surface area contributed by atoms with E-state index in [-0.39, 0.29) is 10.6 Å². The number of nitrogens with two attached hydrogens (primary N) is 1. The van der Waals surface area contributed by atoms with Gasteiger partial charge in [-0.05, 0) is 55.3 Å². The molecule has 0 amide bonds. The number of rotatable bonds is 3. The van der Waals surface area contributed by atoms with Gasteiger partial charge in [0.1, 0.15) is 5.82 Å². The second kappa shape index (κ2) is 5.13. The van der Waals surface area contributed by atoms with E-state index in [1.807, 2.05) is 19.9 Å². The Bertz CT molecular complexity index is 738. The molecule has 0 fully saturated rings. The van der Waals surface area contributed by atoms with Gasteiger partial charge in [0, 0.05) is 5.69 Å². The molecule has 0 bridgehead atoms. The lowest BCUT2D eigenvalue weighted by atomic mass is 10.1. The second-order valence-corrected chi connectivity index (χ2v) is 6.35. The number of halogens is 1. The van der Waals surface area contributed by atoms with Crippen LogP contribution in [0.2, 0.25) is 0 Å². The van der Waals surface area contributed by atoms with Crippen LogP contribution in [0.3, 0.4) is 0 Å². The lowest BCUT2D eigenvalue weighted by Gasteiger charge is -2.10. The Morgan fingerprint density at radius 3 is 2.20 bits per heavy atom. The molecule has 106 valence electrons. The number of nitrogen functional groups attached to an aromatic ring is 1. The summed E-state index contributed by atoms with van der Waals surface area (Å²) in [6.07, 6.45) is 0. The second-order valence-electron chi connectivity index (χ2n) is 4.67. The van der Waals surface area contributed by atoms with E-state index in [1.165, 1.54) is 6.07 Å². The largest absolute Gasteiger partial charge is 0.396 e. The lowest BCUT2D eigenvalue weighted by Crippen LogP contribution is -2.13. The smallest absolute Gasteiger partial charge is 0.261 e. The summed E-state index contributed by atoms with van der Waals surface area (Å²) in [5, 5.41) is 0. The molecule has 4 nitrogen and oxygen atoms in total. The topological polar surface area (TPSA) is 72.2 Å². The Morgan fingerprint density at radius 1 is 1.05 bits per heavy atom. The molecule has 0 radical (unpaired) electrons. The van der Waals surface area contributed by atoms with Crippen LogP contribution < -0.4 is 10.5 Å². The molecule has 0 spiro atoms.